The molecule has 3 rings (SSSR count). The van der Waals surface area contributed by atoms with Crippen molar-refractivity contribution in [2.45, 2.75) is 73.6 Å². The summed E-state index contributed by atoms with van der Waals surface area (Å²) >= 11 is 0. The maximum absolute atomic E-state index is 12.1. The zero-order chi connectivity index (χ0) is 27.6. The highest BCUT2D eigenvalue weighted by Crippen LogP contribution is 2.35. The number of carbonyl (C=O) groups is 1. The fourth-order valence-corrected chi connectivity index (χ4v) is 3.69. The van der Waals surface area contributed by atoms with Gasteiger partial charge in [-0.2, -0.15) is 0 Å². The van der Waals surface area contributed by atoms with Crippen LogP contribution in [0.25, 0.3) is 11.1 Å². The third-order valence-electron chi connectivity index (χ3n) is 5.40. The standard InChI is InChI=1S/C24H33N3O5.2C2H6/c1-15-8-17(12-26(5)22(15)28)16-9-20(30-6)19(21(10-16)31-7)11-25-18-13-27(14-18)23(29)32-24(2,3)4;2*1-2/h8-10,12,18,25H,11,13-14H2,1-7H3;2*1-2H3. The molecule has 2 aromatic rings. The number of aromatic nitrogens is 1. The number of aryl methyl sites for hydroxylation is 2. The van der Waals surface area contributed by atoms with Crippen LogP contribution in [-0.4, -0.2) is 54.5 Å². The van der Waals surface area contributed by atoms with Gasteiger partial charge in [0.2, 0.25) is 0 Å². The second kappa shape index (κ2) is 13.9. The van der Waals surface area contributed by atoms with Gasteiger partial charge in [0.05, 0.1) is 14.2 Å². The number of methoxy groups -OCH3 is 2. The molecule has 8 nitrogen and oxygen atoms in total. The molecule has 202 valence electrons. The summed E-state index contributed by atoms with van der Waals surface area (Å²) in [5.74, 6) is 1.39. The van der Waals surface area contributed by atoms with Gasteiger partial charge in [-0.05, 0) is 57.0 Å². The molecule has 1 aromatic carbocycles. The number of amides is 1. The van der Waals surface area contributed by atoms with Crippen LogP contribution in [0, 0.1) is 6.92 Å². The van der Waals surface area contributed by atoms with Crippen molar-refractivity contribution in [3.63, 3.8) is 0 Å². The number of nitrogens with one attached hydrogen (secondary N) is 1. The van der Waals surface area contributed by atoms with Gasteiger partial charge in [0, 0.05) is 50.0 Å². The van der Waals surface area contributed by atoms with Crippen molar-refractivity contribution in [2.24, 2.45) is 7.05 Å². The van der Waals surface area contributed by atoms with Gasteiger partial charge in [-0.1, -0.05) is 27.7 Å². The maximum Gasteiger partial charge on any atom is 0.410 e. The van der Waals surface area contributed by atoms with E-state index < -0.39 is 5.60 Å². The van der Waals surface area contributed by atoms with Gasteiger partial charge >= 0.3 is 6.09 Å². The summed E-state index contributed by atoms with van der Waals surface area (Å²) in [6, 6.07) is 5.94. The molecule has 1 amide bonds. The second-order valence-electron chi connectivity index (χ2n) is 9.15. The number of ether oxygens (including phenoxy) is 3. The molecule has 0 spiro atoms. The number of benzene rings is 1. The van der Waals surface area contributed by atoms with E-state index in [0.29, 0.717) is 36.7 Å². The van der Waals surface area contributed by atoms with Gasteiger partial charge in [-0.25, -0.2) is 4.79 Å². The lowest BCUT2D eigenvalue weighted by atomic mass is 10.0. The van der Waals surface area contributed by atoms with E-state index in [1.807, 2.05) is 66.7 Å². The van der Waals surface area contributed by atoms with Crippen LogP contribution in [0.5, 0.6) is 11.5 Å². The van der Waals surface area contributed by atoms with Gasteiger partial charge in [0.15, 0.2) is 0 Å². The number of hydrogen-bond acceptors (Lipinski definition) is 6. The van der Waals surface area contributed by atoms with Crippen LogP contribution in [0.3, 0.4) is 0 Å². The van der Waals surface area contributed by atoms with E-state index in [-0.39, 0.29) is 17.7 Å². The molecule has 8 heteroatoms. The molecule has 0 saturated carbocycles. The van der Waals surface area contributed by atoms with Crippen LogP contribution in [0.15, 0.2) is 29.2 Å². The highest BCUT2D eigenvalue weighted by molar-refractivity contribution is 5.70. The number of hydrogen-bond donors (Lipinski definition) is 1. The third kappa shape index (κ3) is 8.01. The Morgan fingerprint density at radius 1 is 1.00 bits per heavy atom. The first-order valence-electron chi connectivity index (χ1n) is 12.7. The topological polar surface area (TPSA) is 82.0 Å². The van der Waals surface area contributed by atoms with Crippen molar-refractivity contribution >= 4 is 6.09 Å². The van der Waals surface area contributed by atoms with Crippen molar-refractivity contribution in [2.75, 3.05) is 27.3 Å². The minimum Gasteiger partial charge on any atom is -0.496 e. The predicted molar refractivity (Wildman–Crippen MR) is 146 cm³/mol. The van der Waals surface area contributed by atoms with E-state index in [4.69, 9.17) is 14.2 Å². The lowest BCUT2D eigenvalue weighted by Crippen LogP contribution is -2.60. The largest absolute Gasteiger partial charge is 0.496 e. The monoisotopic (exact) mass is 503 g/mol. The van der Waals surface area contributed by atoms with Crippen LogP contribution < -0.4 is 20.3 Å². The van der Waals surface area contributed by atoms with Gasteiger partial charge < -0.3 is 29.0 Å². The van der Waals surface area contributed by atoms with Gasteiger partial charge in [-0.15, -0.1) is 0 Å². The van der Waals surface area contributed by atoms with E-state index in [9.17, 15) is 9.59 Å². The summed E-state index contributed by atoms with van der Waals surface area (Å²) in [7, 11) is 4.99. The maximum atomic E-state index is 12.1. The quantitative estimate of drug-likeness (QED) is 0.588. The number of carbonyl (C=O) groups excluding carboxylic acids is 1. The Bertz CT molecular complexity index is 999. The normalized spacial score (nSPS) is 12.9. The van der Waals surface area contributed by atoms with Crippen LogP contribution in [-0.2, 0) is 18.3 Å². The van der Waals surface area contributed by atoms with Crippen molar-refractivity contribution < 1.29 is 19.0 Å². The molecule has 1 aliphatic rings. The van der Waals surface area contributed by atoms with Gasteiger partial charge in [0.1, 0.15) is 17.1 Å². The minimum atomic E-state index is -0.498. The van der Waals surface area contributed by atoms with Gasteiger partial charge in [-0.3, -0.25) is 4.79 Å². The first-order valence-corrected chi connectivity index (χ1v) is 12.7. The number of rotatable bonds is 6. The van der Waals surface area contributed by atoms with Crippen molar-refractivity contribution in [3.8, 4) is 22.6 Å². The van der Waals surface area contributed by atoms with Gasteiger partial charge in [0.25, 0.3) is 5.56 Å². The first-order chi connectivity index (χ1) is 17.0. The van der Waals surface area contributed by atoms with Crippen molar-refractivity contribution in [1.82, 2.24) is 14.8 Å². The smallest absolute Gasteiger partial charge is 0.410 e. The number of nitrogens with zero attached hydrogens (tertiary/aromatic N) is 2. The number of pyridine rings is 1. The average Bonchev–Trinajstić information content (AvgIpc) is 2.82. The SMILES string of the molecule is CC.CC.COc1cc(-c2cc(C)c(=O)n(C)c2)cc(OC)c1CNC1CN(C(=O)OC(C)(C)C)C1. The molecule has 1 saturated heterocycles. The number of likely N-dealkylation sites (tertiary alicyclic amines) is 1. The minimum absolute atomic E-state index is 0.0191. The molecule has 0 radical (unpaired) electrons. The molecule has 1 aliphatic heterocycles. The molecule has 0 atom stereocenters. The molecule has 36 heavy (non-hydrogen) atoms. The zero-order valence-corrected chi connectivity index (χ0v) is 23.9. The fourth-order valence-electron chi connectivity index (χ4n) is 3.69. The third-order valence-corrected chi connectivity index (χ3v) is 5.40. The lowest BCUT2D eigenvalue weighted by molar-refractivity contribution is 0.00514. The fraction of sp³-hybridized carbons (Fsp3) is 0.571. The summed E-state index contributed by atoms with van der Waals surface area (Å²) < 4.78 is 18.3. The van der Waals surface area contributed by atoms with Crippen molar-refractivity contribution in [1.29, 1.82) is 0 Å². The predicted octanol–water partition coefficient (Wildman–Crippen LogP) is 5.14. The summed E-state index contributed by atoms with van der Waals surface area (Å²) in [6.07, 6.45) is 1.52. The Morgan fingerprint density at radius 3 is 1.97 bits per heavy atom. The molecule has 0 aliphatic carbocycles. The Balaban J connectivity index is 0.00000154. The van der Waals surface area contributed by atoms with Crippen LogP contribution in [0.2, 0.25) is 0 Å². The summed E-state index contributed by atoms with van der Waals surface area (Å²) in [6.45, 7) is 17.1. The van der Waals surface area contributed by atoms with Crippen LogP contribution >= 0.6 is 0 Å². The van der Waals surface area contributed by atoms with E-state index in [1.165, 1.54) is 0 Å². The Labute approximate surface area is 216 Å². The molecule has 0 unspecified atom stereocenters. The highest BCUT2D eigenvalue weighted by Gasteiger charge is 2.33. The average molecular weight is 504 g/mol. The summed E-state index contributed by atoms with van der Waals surface area (Å²) in [5.41, 5.74) is 2.87. The van der Waals surface area contributed by atoms with Crippen LogP contribution in [0.1, 0.15) is 59.6 Å². The molecular formula is C28H45N3O5. The zero-order valence-electron chi connectivity index (χ0n) is 23.9. The van der Waals surface area contributed by atoms with E-state index in [2.05, 4.69) is 5.32 Å². The molecular weight excluding hydrogens is 458 g/mol. The van der Waals surface area contributed by atoms with Crippen molar-refractivity contribution in [3.05, 3.63) is 45.9 Å². The molecule has 1 aromatic heterocycles. The lowest BCUT2D eigenvalue weighted by Gasteiger charge is -2.40. The Hall–Kier alpha value is -3.00. The Morgan fingerprint density at radius 2 is 1.53 bits per heavy atom. The first kappa shape index (κ1) is 31.0. The molecule has 1 fully saturated rings. The summed E-state index contributed by atoms with van der Waals surface area (Å²) in [5, 5.41) is 3.46. The summed E-state index contributed by atoms with van der Waals surface area (Å²) in [4.78, 5) is 25.8. The highest BCUT2D eigenvalue weighted by atomic mass is 16.6. The van der Waals surface area contributed by atoms with E-state index >= 15 is 0 Å². The second-order valence-corrected chi connectivity index (χ2v) is 9.15. The van der Waals surface area contributed by atoms with E-state index in [0.717, 1.165) is 16.7 Å². The van der Waals surface area contributed by atoms with E-state index in [1.54, 1.807) is 43.9 Å². The molecule has 1 N–H and O–H groups in total. The molecule has 2 heterocycles. The molecule has 0 bridgehead atoms. The Kier molecular flexibility index (Phi) is 12.0. The van der Waals surface area contributed by atoms with Crippen LogP contribution in [0.4, 0.5) is 4.79 Å².